The molecule has 1 aliphatic rings. The van der Waals surface area contributed by atoms with Gasteiger partial charge in [0, 0.05) is 36.1 Å². The molecule has 1 aliphatic heterocycles. The Balaban J connectivity index is 1.69. The molecule has 2 aromatic rings. The van der Waals surface area contributed by atoms with Gasteiger partial charge in [-0.15, -0.1) is 11.3 Å². The number of amides is 2. The van der Waals surface area contributed by atoms with E-state index in [1.54, 1.807) is 16.2 Å². The Labute approximate surface area is 146 Å². The van der Waals surface area contributed by atoms with Gasteiger partial charge in [0.05, 0.1) is 6.54 Å². The molecule has 5 heteroatoms. The van der Waals surface area contributed by atoms with Crippen molar-refractivity contribution < 1.29 is 9.59 Å². The Hall–Kier alpha value is -2.14. The molecule has 0 atom stereocenters. The minimum Gasteiger partial charge on any atom is -0.337 e. The van der Waals surface area contributed by atoms with E-state index in [4.69, 9.17) is 0 Å². The van der Waals surface area contributed by atoms with Crippen molar-refractivity contribution in [3.05, 3.63) is 51.7 Å². The number of piperidine rings is 1. The third kappa shape index (κ3) is 3.51. The van der Waals surface area contributed by atoms with E-state index in [1.807, 2.05) is 41.6 Å². The van der Waals surface area contributed by atoms with E-state index >= 15 is 0 Å². The van der Waals surface area contributed by atoms with Crippen molar-refractivity contribution in [2.45, 2.75) is 32.7 Å². The van der Waals surface area contributed by atoms with Gasteiger partial charge in [-0.3, -0.25) is 9.59 Å². The Morgan fingerprint density at radius 1 is 1.21 bits per heavy atom. The lowest BCUT2D eigenvalue weighted by Gasteiger charge is -2.27. The molecule has 2 amide bonds. The van der Waals surface area contributed by atoms with E-state index in [-0.39, 0.29) is 11.8 Å². The summed E-state index contributed by atoms with van der Waals surface area (Å²) < 4.78 is 0. The molecule has 4 nitrogen and oxygen atoms in total. The molecule has 3 rings (SSSR count). The third-order valence-electron chi connectivity index (χ3n) is 4.44. The number of carbonyl (C=O) groups is 2. The number of thiophene rings is 1. The lowest BCUT2D eigenvalue weighted by molar-refractivity contribution is -0.119. The normalized spacial score (nSPS) is 14.8. The van der Waals surface area contributed by atoms with E-state index in [1.165, 1.54) is 10.4 Å². The van der Waals surface area contributed by atoms with Crippen LogP contribution in [0.1, 0.15) is 40.1 Å². The van der Waals surface area contributed by atoms with Crippen LogP contribution in [0.4, 0.5) is 5.69 Å². The predicted molar refractivity (Wildman–Crippen MR) is 97.5 cm³/mol. The second-order valence-electron chi connectivity index (χ2n) is 6.24. The van der Waals surface area contributed by atoms with E-state index < -0.39 is 0 Å². The minimum atomic E-state index is -0.000629. The molecule has 1 aromatic heterocycles. The highest BCUT2D eigenvalue weighted by atomic mass is 32.1. The number of nitrogens with zero attached hydrogens (tertiary/aromatic N) is 2. The van der Waals surface area contributed by atoms with Crippen molar-refractivity contribution >= 4 is 28.8 Å². The number of aryl methyl sites for hydroxylation is 1. The first-order valence-electron chi connectivity index (χ1n) is 8.25. The molecule has 1 aromatic carbocycles. The van der Waals surface area contributed by atoms with Crippen LogP contribution in [-0.4, -0.2) is 30.3 Å². The maximum Gasteiger partial charge on any atom is 0.253 e. The fourth-order valence-electron chi connectivity index (χ4n) is 2.94. The first kappa shape index (κ1) is 16.7. The highest BCUT2D eigenvalue weighted by molar-refractivity contribution is 7.10. The van der Waals surface area contributed by atoms with E-state index in [9.17, 15) is 9.59 Å². The van der Waals surface area contributed by atoms with Gasteiger partial charge in [0.25, 0.3) is 5.91 Å². The third-order valence-corrected chi connectivity index (χ3v) is 5.45. The molecule has 2 heterocycles. The average molecular weight is 342 g/mol. The Kier molecular flexibility index (Phi) is 5.00. The van der Waals surface area contributed by atoms with Crippen molar-refractivity contribution in [1.29, 1.82) is 0 Å². The molecule has 0 aliphatic carbocycles. The lowest BCUT2D eigenvalue weighted by Crippen LogP contribution is -2.35. The zero-order chi connectivity index (χ0) is 17.1. The van der Waals surface area contributed by atoms with Crippen LogP contribution >= 0.6 is 11.3 Å². The first-order valence-corrected chi connectivity index (χ1v) is 9.13. The summed E-state index contributed by atoms with van der Waals surface area (Å²) in [7, 11) is 1.82. The van der Waals surface area contributed by atoms with Gasteiger partial charge < -0.3 is 9.80 Å². The molecule has 0 unspecified atom stereocenters. The van der Waals surface area contributed by atoms with Crippen LogP contribution in [0.15, 0.2) is 35.7 Å². The second kappa shape index (κ2) is 7.18. The van der Waals surface area contributed by atoms with E-state index in [2.05, 4.69) is 13.0 Å². The molecule has 1 saturated heterocycles. The SMILES string of the molecule is Cc1ccsc1CN(C)C(=O)c1ccc(N2CCCCC2=O)cc1. The number of hydrogen-bond acceptors (Lipinski definition) is 3. The first-order chi connectivity index (χ1) is 11.6. The second-order valence-corrected chi connectivity index (χ2v) is 7.24. The van der Waals surface area contributed by atoms with Gasteiger partial charge in [0.1, 0.15) is 0 Å². The zero-order valence-corrected chi connectivity index (χ0v) is 14.9. The highest BCUT2D eigenvalue weighted by Crippen LogP contribution is 2.22. The summed E-state index contributed by atoms with van der Waals surface area (Å²) >= 11 is 1.67. The summed E-state index contributed by atoms with van der Waals surface area (Å²) in [5, 5.41) is 2.05. The quantitative estimate of drug-likeness (QED) is 0.847. The standard InChI is InChI=1S/C19H22N2O2S/c1-14-10-12-24-17(14)13-20(2)19(23)15-6-8-16(9-7-15)21-11-4-3-5-18(21)22/h6-10,12H,3-5,11,13H2,1-2H3. The van der Waals surface area contributed by atoms with Crippen LogP contribution in [0.2, 0.25) is 0 Å². The van der Waals surface area contributed by atoms with Crippen LogP contribution in [0.3, 0.4) is 0 Å². The minimum absolute atomic E-state index is 0.000629. The molecule has 24 heavy (non-hydrogen) atoms. The smallest absolute Gasteiger partial charge is 0.253 e. The summed E-state index contributed by atoms with van der Waals surface area (Å²) in [6.07, 6.45) is 2.62. The summed E-state index contributed by atoms with van der Waals surface area (Å²) in [5.74, 6) is 0.171. The van der Waals surface area contributed by atoms with E-state index in [0.29, 0.717) is 18.5 Å². The van der Waals surface area contributed by atoms with Gasteiger partial charge in [-0.2, -0.15) is 0 Å². The van der Waals surface area contributed by atoms with Crippen molar-refractivity contribution in [2.24, 2.45) is 0 Å². The average Bonchev–Trinajstić information content (AvgIpc) is 3.00. The van der Waals surface area contributed by atoms with Crippen LogP contribution in [0.5, 0.6) is 0 Å². The summed E-state index contributed by atoms with van der Waals surface area (Å²) in [4.78, 5) is 29.3. The summed E-state index contributed by atoms with van der Waals surface area (Å²) in [6.45, 7) is 3.45. The van der Waals surface area contributed by atoms with Gasteiger partial charge in [-0.05, 0) is 61.0 Å². The number of rotatable bonds is 4. The summed E-state index contributed by atoms with van der Waals surface area (Å²) in [5.41, 5.74) is 2.76. The Bertz CT molecular complexity index is 736. The molecular weight excluding hydrogens is 320 g/mol. The molecule has 0 bridgehead atoms. The maximum atomic E-state index is 12.6. The van der Waals surface area contributed by atoms with Gasteiger partial charge in [-0.25, -0.2) is 0 Å². The van der Waals surface area contributed by atoms with Crippen molar-refractivity contribution in [3.8, 4) is 0 Å². The molecular formula is C19H22N2O2S. The van der Waals surface area contributed by atoms with Crippen molar-refractivity contribution in [3.63, 3.8) is 0 Å². The van der Waals surface area contributed by atoms with Crippen LogP contribution in [-0.2, 0) is 11.3 Å². The van der Waals surface area contributed by atoms with Gasteiger partial charge >= 0.3 is 0 Å². The summed E-state index contributed by atoms with van der Waals surface area (Å²) in [6, 6.07) is 9.46. The maximum absolute atomic E-state index is 12.6. The van der Waals surface area contributed by atoms with Crippen LogP contribution < -0.4 is 4.90 Å². The number of anilines is 1. The van der Waals surface area contributed by atoms with Gasteiger partial charge in [-0.1, -0.05) is 0 Å². The molecule has 0 radical (unpaired) electrons. The van der Waals surface area contributed by atoms with Crippen LogP contribution in [0, 0.1) is 6.92 Å². The zero-order valence-electron chi connectivity index (χ0n) is 14.1. The number of benzene rings is 1. The highest BCUT2D eigenvalue weighted by Gasteiger charge is 2.20. The lowest BCUT2D eigenvalue weighted by atomic mass is 10.1. The van der Waals surface area contributed by atoms with Gasteiger partial charge in [0.2, 0.25) is 5.91 Å². The number of carbonyl (C=O) groups excluding carboxylic acids is 2. The Morgan fingerprint density at radius 2 is 1.96 bits per heavy atom. The monoisotopic (exact) mass is 342 g/mol. The van der Waals surface area contributed by atoms with Crippen molar-refractivity contribution in [1.82, 2.24) is 4.90 Å². The molecule has 0 spiro atoms. The predicted octanol–water partition coefficient (Wildman–Crippen LogP) is 3.85. The fraction of sp³-hybridized carbons (Fsp3) is 0.368. The molecule has 0 saturated carbocycles. The largest absolute Gasteiger partial charge is 0.337 e. The van der Waals surface area contributed by atoms with Crippen molar-refractivity contribution in [2.75, 3.05) is 18.5 Å². The molecule has 0 N–H and O–H groups in total. The number of hydrogen-bond donors (Lipinski definition) is 0. The fourth-order valence-corrected chi connectivity index (χ4v) is 3.90. The van der Waals surface area contributed by atoms with E-state index in [0.717, 1.165) is 25.1 Å². The molecule has 1 fully saturated rings. The topological polar surface area (TPSA) is 40.6 Å². The van der Waals surface area contributed by atoms with Crippen LogP contribution in [0.25, 0.3) is 0 Å². The Morgan fingerprint density at radius 3 is 2.58 bits per heavy atom. The molecule has 126 valence electrons. The van der Waals surface area contributed by atoms with Gasteiger partial charge in [0.15, 0.2) is 0 Å².